The molecule has 188 valence electrons. The quantitative estimate of drug-likeness (QED) is 0.365. The normalized spacial score (nSPS) is 25.5. The summed E-state index contributed by atoms with van der Waals surface area (Å²) in [4.78, 5) is 26.3. The number of methoxy groups -OCH3 is 1. The molecule has 3 N–H and O–H groups in total. The van der Waals surface area contributed by atoms with E-state index in [0.717, 1.165) is 25.9 Å². The molecule has 9 heteroatoms. The van der Waals surface area contributed by atoms with Crippen molar-refractivity contribution in [2.75, 3.05) is 26.7 Å². The molecule has 2 aromatic carbocycles. The van der Waals surface area contributed by atoms with Crippen LogP contribution in [0.3, 0.4) is 0 Å². The largest absolute Gasteiger partial charge is 0.497 e. The Kier molecular flexibility index (Phi) is 6.27. The van der Waals surface area contributed by atoms with Gasteiger partial charge in [-0.15, -0.1) is 0 Å². The molecule has 0 saturated carbocycles. The Labute approximate surface area is 209 Å². The second kappa shape index (κ2) is 9.40. The molecule has 3 aliphatic rings. The maximum atomic E-state index is 13.8. The summed E-state index contributed by atoms with van der Waals surface area (Å²) in [5, 5.41) is 15.9. The van der Waals surface area contributed by atoms with Crippen molar-refractivity contribution in [2.24, 2.45) is 11.7 Å². The number of hydrogen-bond acceptors (Lipinski definition) is 7. The highest BCUT2D eigenvalue weighted by Crippen LogP contribution is 2.43. The fourth-order valence-corrected chi connectivity index (χ4v) is 5.86. The van der Waals surface area contributed by atoms with Gasteiger partial charge in [-0.05, 0) is 23.3 Å². The van der Waals surface area contributed by atoms with Gasteiger partial charge in [0.15, 0.2) is 11.8 Å². The van der Waals surface area contributed by atoms with Gasteiger partial charge in [0, 0.05) is 24.8 Å². The molecule has 0 radical (unpaired) electrons. The van der Waals surface area contributed by atoms with E-state index < -0.39 is 29.6 Å². The van der Waals surface area contributed by atoms with Gasteiger partial charge in [0.25, 0.3) is 5.91 Å². The SMILES string of the molecule is COc1ccc(C(O)(C(=O)O[C@H]2C[N+]3(C(C(N)=O)c4ccon4)CCC2CC3)c2ccccc2)cc1. The molecule has 3 aromatic rings. The van der Waals surface area contributed by atoms with Crippen LogP contribution in [0.1, 0.15) is 35.7 Å². The maximum Gasteiger partial charge on any atom is 0.348 e. The Morgan fingerprint density at radius 2 is 1.75 bits per heavy atom. The molecule has 3 atom stereocenters. The molecule has 2 bridgehead atoms. The van der Waals surface area contributed by atoms with Crippen LogP contribution in [-0.2, 0) is 19.9 Å². The molecule has 1 amide bonds. The number of quaternary nitrogens is 1. The van der Waals surface area contributed by atoms with Crippen molar-refractivity contribution < 1.29 is 33.2 Å². The monoisotopic (exact) mass is 492 g/mol. The summed E-state index contributed by atoms with van der Waals surface area (Å²) >= 11 is 0. The predicted octanol–water partition coefficient (Wildman–Crippen LogP) is 2.30. The zero-order valence-corrected chi connectivity index (χ0v) is 20.1. The Morgan fingerprint density at radius 3 is 2.33 bits per heavy atom. The molecule has 1 aromatic heterocycles. The third-order valence-corrected chi connectivity index (χ3v) is 7.77. The Hall–Kier alpha value is -3.69. The van der Waals surface area contributed by atoms with Gasteiger partial charge in [0.05, 0.1) is 20.2 Å². The second-order valence-electron chi connectivity index (χ2n) is 9.66. The first-order valence-electron chi connectivity index (χ1n) is 12.1. The minimum atomic E-state index is -2.01. The fourth-order valence-electron chi connectivity index (χ4n) is 5.86. The summed E-state index contributed by atoms with van der Waals surface area (Å²) < 4.78 is 16.7. The minimum absolute atomic E-state index is 0.135. The first-order chi connectivity index (χ1) is 17.4. The number of nitrogens with two attached hydrogens (primary N) is 1. The molecular weight excluding hydrogens is 462 g/mol. The highest BCUT2D eigenvalue weighted by atomic mass is 16.6. The van der Waals surface area contributed by atoms with Crippen LogP contribution in [0, 0.1) is 5.92 Å². The standard InChI is InChI=1S/C27H29N3O6/c1-34-21-9-7-20(8-10-21)27(33,19-5-3-2-4-6-19)26(32)36-23-17-30(14-11-18(23)12-15-30)24(25(28)31)22-13-16-35-29-22/h2-10,13,16,18,23-24,33H,11-12,14-15,17H2,1H3,(H-,28,31)/p+1/t18?,23-,24?,27?,30?/m0/s1. The lowest BCUT2D eigenvalue weighted by Gasteiger charge is -2.54. The summed E-state index contributed by atoms with van der Waals surface area (Å²) in [7, 11) is 1.55. The summed E-state index contributed by atoms with van der Waals surface area (Å²) in [6.45, 7) is 1.85. The number of amides is 1. The van der Waals surface area contributed by atoms with Crippen LogP contribution in [0.25, 0.3) is 0 Å². The first kappa shape index (κ1) is 24.0. The number of piperidine rings is 3. The fraction of sp³-hybridized carbons (Fsp3) is 0.370. The number of ether oxygens (including phenoxy) is 2. The number of carbonyl (C=O) groups excluding carboxylic acids is 2. The molecule has 4 heterocycles. The topological polar surface area (TPSA) is 125 Å². The van der Waals surface area contributed by atoms with Crippen molar-refractivity contribution in [3.05, 3.63) is 83.7 Å². The van der Waals surface area contributed by atoms with E-state index in [0.29, 0.717) is 33.6 Å². The smallest absolute Gasteiger partial charge is 0.348 e. The van der Waals surface area contributed by atoms with Crippen LogP contribution in [0.15, 0.2) is 71.4 Å². The molecule has 3 fully saturated rings. The molecule has 9 nitrogen and oxygen atoms in total. The van der Waals surface area contributed by atoms with Crippen molar-refractivity contribution in [2.45, 2.75) is 30.6 Å². The zero-order valence-electron chi connectivity index (χ0n) is 20.1. The summed E-state index contributed by atoms with van der Waals surface area (Å²) in [6, 6.07) is 16.4. The molecular formula is C27H30N3O6+. The van der Waals surface area contributed by atoms with Crippen LogP contribution >= 0.6 is 0 Å². The number of benzene rings is 2. The maximum absolute atomic E-state index is 13.8. The molecule has 2 unspecified atom stereocenters. The lowest BCUT2D eigenvalue weighted by Crippen LogP contribution is -2.67. The van der Waals surface area contributed by atoms with E-state index in [1.54, 1.807) is 61.7 Å². The highest BCUT2D eigenvalue weighted by Gasteiger charge is 2.55. The predicted molar refractivity (Wildman–Crippen MR) is 128 cm³/mol. The number of aliphatic hydroxyl groups is 1. The lowest BCUT2D eigenvalue weighted by atomic mass is 9.80. The Morgan fingerprint density at radius 1 is 1.08 bits per heavy atom. The number of rotatable bonds is 8. The van der Waals surface area contributed by atoms with Crippen LogP contribution in [0.5, 0.6) is 5.75 Å². The van der Waals surface area contributed by atoms with Crippen molar-refractivity contribution >= 4 is 11.9 Å². The van der Waals surface area contributed by atoms with Gasteiger partial charge in [0.2, 0.25) is 11.6 Å². The number of primary amides is 1. The van der Waals surface area contributed by atoms with Crippen molar-refractivity contribution in [1.82, 2.24) is 5.16 Å². The van der Waals surface area contributed by atoms with Crippen molar-refractivity contribution in [1.29, 1.82) is 0 Å². The third kappa shape index (κ3) is 4.04. The molecule has 6 rings (SSSR count). The van der Waals surface area contributed by atoms with Crippen molar-refractivity contribution in [3.8, 4) is 5.75 Å². The van der Waals surface area contributed by atoms with Crippen molar-refractivity contribution in [3.63, 3.8) is 0 Å². The Bertz CT molecular complexity index is 1210. The van der Waals surface area contributed by atoms with E-state index in [4.69, 9.17) is 19.7 Å². The molecule has 0 aliphatic carbocycles. The molecule has 0 spiro atoms. The Balaban J connectivity index is 1.46. The number of hydrogen-bond donors (Lipinski definition) is 2. The van der Waals surface area contributed by atoms with Gasteiger partial charge in [-0.3, -0.25) is 4.79 Å². The van der Waals surface area contributed by atoms with Crippen LogP contribution in [0.2, 0.25) is 0 Å². The third-order valence-electron chi connectivity index (χ3n) is 7.77. The zero-order chi connectivity index (χ0) is 25.3. The average Bonchev–Trinajstić information content (AvgIpc) is 3.43. The molecule has 36 heavy (non-hydrogen) atoms. The highest BCUT2D eigenvalue weighted by molar-refractivity contribution is 5.85. The van der Waals surface area contributed by atoms with Gasteiger partial charge in [0.1, 0.15) is 18.6 Å². The van der Waals surface area contributed by atoms with Gasteiger partial charge in [-0.2, -0.15) is 0 Å². The van der Waals surface area contributed by atoms with Gasteiger partial charge < -0.3 is 29.3 Å². The molecule has 3 aliphatic heterocycles. The number of carbonyl (C=O) groups is 2. The van der Waals surface area contributed by atoms with E-state index >= 15 is 0 Å². The molecule has 3 saturated heterocycles. The van der Waals surface area contributed by atoms with Crippen LogP contribution in [-0.4, -0.2) is 59.5 Å². The van der Waals surface area contributed by atoms with E-state index in [9.17, 15) is 14.7 Å². The summed E-state index contributed by atoms with van der Waals surface area (Å²) in [5.41, 5.74) is 5.08. The number of aromatic nitrogens is 1. The summed E-state index contributed by atoms with van der Waals surface area (Å²) in [5.74, 6) is -0.506. The minimum Gasteiger partial charge on any atom is -0.497 e. The van der Waals surface area contributed by atoms with Gasteiger partial charge in [-0.25, -0.2) is 4.79 Å². The first-order valence-corrected chi connectivity index (χ1v) is 12.1. The van der Waals surface area contributed by atoms with Crippen LogP contribution < -0.4 is 10.5 Å². The van der Waals surface area contributed by atoms with E-state index in [1.165, 1.54) is 6.26 Å². The van der Waals surface area contributed by atoms with Gasteiger partial charge >= 0.3 is 5.97 Å². The number of fused-ring (bicyclic) bond motifs is 3. The van der Waals surface area contributed by atoms with E-state index in [1.807, 2.05) is 6.07 Å². The van der Waals surface area contributed by atoms with E-state index in [2.05, 4.69) is 5.16 Å². The lowest BCUT2D eigenvalue weighted by molar-refractivity contribution is -0.965. The summed E-state index contributed by atoms with van der Waals surface area (Å²) in [6.07, 6.45) is 2.48. The number of esters is 1. The number of nitrogens with zero attached hydrogens (tertiary/aromatic N) is 2. The van der Waals surface area contributed by atoms with Gasteiger partial charge in [-0.1, -0.05) is 47.6 Å². The van der Waals surface area contributed by atoms with Crippen LogP contribution in [0.4, 0.5) is 0 Å². The average molecular weight is 493 g/mol. The second-order valence-corrected chi connectivity index (χ2v) is 9.66. The van der Waals surface area contributed by atoms with E-state index in [-0.39, 0.29) is 5.92 Å².